The van der Waals surface area contributed by atoms with E-state index in [1.54, 1.807) is 64.5 Å². The van der Waals surface area contributed by atoms with Crippen LogP contribution in [0.2, 0.25) is 10.0 Å². The van der Waals surface area contributed by atoms with Gasteiger partial charge in [0.1, 0.15) is 46.5 Å². The number of nitrogens with zero attached hydrogens (tertiary/aromatic N) is 8. The molecule has 2 saturated heterocycles. The molecule has 4 aliphatic rings. The highest BCUT2D eigenvalue weighted by molar-refractivity contribution is 6.33. The number of hydrogen-bond donors (Lipinski definition) is 3. The zero-order valence-corrected chi connectivity index (χ0v) is 51.8. The van der Waals surface area contributed by atoms with Crippen LogP contribution in [0.25, 0.3) is 9.69 Å². The fourth-order valence-electron chi connectivity index (χ4n) is 11.3. The largest absolute Gasteiger partial charge is 0.489 e. The monoisotopic (exact) mass is 1190 g/mol. The van der Waals surface area contributed by atoms with Gasteiger partial charge in [-0.1, -0.05) is 90.7 Å². The molecule has 4 fully saturated rings. The standard InChI is InChI=1S/C30H38ClN5O4.C15H19ClN2O.C15H21N3O4.ClH/c1-28(2,3)40-27(38)36-15-13-35(14-16-36)23-12-9-19(18-33-23)24(37)34-25-29(4,5)26(30(25,6)7)39-20-10-11-22(32-8)21(31)17-20;1-14(2)12(17)15(3,4)13(14)19-9-6-7-11(18-5)10(16)8-9;1-15(2,3)22-14(21)18-8-6-17(7-9-18)12-5-4-11(10-16-12)13(19)20;/h9-12,17-18,25-26H,13-16H2,1-7H3,(H,34,37);6-8,12-13H,17H2,1-4H3;4-5,10H,6-9H2,1-3H3,(H,19,20);1H. The van der Waals surface area contributed by atoms with E-state index in [1.807, 2.05) is 52.5 Å². The Morgan fingerprint density at radius 1 is 0.610 bits per heavy atom. The number of benzene rings is 2. The average Bonchev–Trinajstić information content (AvgIpc) is 1.71. The lowest BCUT2D eigenvalue weighted by atomic mass is 9.49. The predicted molar refractivity (Wildman–Crippen MR) is 321 cm³/mol. The molecule has 4 N–H and O–H groups in total. The molecule has 0 spiro atoms. The third kappa shape index (κ3) is 15.5. The van der Waals surface area contributed by atoms with Gasteiger partial charge in [-0.2, -0.15) is 0 Å². The molecule has 19 nitrogen and oxygen atoms in total. The number of aromatic nitrogens is 2. The van der Waals surface area contributed by atoms with Crippen LogP contribution >= 0.6 is 35.6 Å². The molecule has 22 heteroatoms. The Hall–Kier alpha value is -6.77. The highest BCUT2D eigenvalue weighted by Crippen LogP contribution is 2.56. The number of carbonyl (C=O) groups is 4. The molecule has 82 heavy (non-hydrogen) atoms. The van der Waals surface area contributed by atoms with Crippen molar-refractivity contribution in [3.63, 3.8) is 0 Å². The van der Waals surface area contributed by atoms with Gasteiger partial charge < -0.3 is 54.7 Å². The van der Waals surface area contributed by atoms with Gasteiger partial charge in [-0.15, -0.1) is 12.4 Å². The molecule has 444 valence electrons. The number of carbonyl (C=O) groups excluding carboxylic acids is 3. The number of hydrogen-bond acceptors (Lipinski definition) is 13. The summed E-state index contributed by atoms with van der Waals surface area (Å²) in [4.78, 5) is 71.3. The number of nitrogens with two attached hydrogens (primary N) is 1. The Kier molecular flexibility index (Phi) is 20.8. The van der Waals surface area contributed by atoms with Gasteiger partial charge >= 0.3 is 18.2 Å². The SMILES string of the molecule is CC(C)(C)OC(=O)N1CCN(c2ccc(C(=O)O)cn2)CC1.Cl.[C-]#[N+]c1ccc(OC2C(C)(C)C(N)C2(C)C)cc1Cl.[C-]#[N+]c1ccc(OC2C(C)(C)C(NC(=O)c3ccc(N4CCN(C(=O)OC(C)(C)C)CC4)nc3)C2(C)C)cc1Cl. The van der Waals surface area contributed by atoms with E-state index in [9.17, 15) is 19.2 Å². The maximum atomic E-state index is 13.2. The number of rotatable bonds is 9. The Bertz CT molecular complexity index is 2970. The fourth-order valence-corrected chi connectivity index (χ4v) is 11.8. The molecule has 3 amide bonds. The number of anilines is 2. The van der Waals surface area contributed by atoms with Crippen LogP contribution in [0.5, 0.6) is 11.5 Å². The van der Waals surface area contributed by atoms with Crippen molar-refractivity contribution in [2.45, 2.75) is 132 Å². The highest BCUT2D eigenvalue weighted by atomic mass is 35.5. The van der Waals surface area contributed by atoms with Gasteiger partial charge in [-0.25, -0.2) is 34.0 Å². The minimum absolute atomic E-state index is 0. The fraction of sp³-hybridized carbons (Fsp3) is 0.533. The first-order valence-corrected chi connectivity index (χ1v) is 27.7. The van der Waals surface area contributed by atoms with Crippen molar-refractivity contribution in [3.8, 4) is 11.5 Å². The van der Waals surface area contributed by atoms with E-state index in [-0.39, 0.29) is 82.0 Å². The third-order valence-electron chi connectivity index (χ3n) is 15.2. The molecule has 0 bridgehead atoms. The molecule has 2 aliphatic heterocycles. The van der Waals surface area contributed by atoms with Gasteiger partial charge in [0.25, 0.3) is 5.91 Å². The summed E-state index contributed by atoms with van der Waals surface area (Å²) >= 11 is 12.2. The number of aromatic carboxylic acids is 1. The van der Waals surface area contributed by atoms with Crippen molar-refractivity contribution >= 4 is 82.7 Å². The van der Waals surface area contributed by atoms with Gasteiger partial charge in [-0.3, -0.25) is 4.79 Å². The second-order valence-electron chi connectivity index (χ2n) is 25.1. The van der Waals surface area contributed by atoms with Crippen molar-refractivity contribution < 1.29 is 43.2 Å². The van der Waals surface area contributed by atoms with Crippen molar-refractivity contribution in [1.29, 1.82) is 0 Å². The topological polar surface area (TPSA) is 211 Å². The molecule has 4 heterocycles. The quantitative estimate of drug-likeness (QED) is 0.133. The summed E-state index contributed by atoms with van der Waals surface area (Å²) in [5.41, 5.74) is 5.79. The summed E-state index contributed by atoms with van der Waals surface area (Å²) in [6.07, 6.45) is 2.19. The summed E-state index contributed by atoms with van der Waals surface area (Å²) in [6, 6.07) is 17.0. The van der Waals surface area contributed by atoms with Crippen LogP contribution in [0.3, 0.4) is 0 Å². The van der Waals surface area contributed by atoms with E-state index in [0.717, 1.165) is 5.82 Å². The van der Waals surface area contributed by atoms with Crippen molar-refractivity contribution in [2.24, 2.45) is 27.4 Å². The molecule has 0 radical (unpaired) electrons. The first kappa shape index (κ1) is 66.0. The number of carboxylic acid groups (broad SMARTS) is 1. The number of nitrogens with one attached hydrogen (secondary N) is 1. The molecule has 0 atom stereocenters. The molecule has 2 aliphatic carbocycles. The van der Waals surface area contributed by atoms with Crippen LogP contribution in [0, 0.1) is 34.8 Å². The second kappa shape index (κ2) is 25.8. The van der Waals surface area contributed by atoms with E-state index in [1.165, 1.54) is 12.3 Å². The van der Waals surface area contributed by atoms with E-state index in [2.05, 4.69) is 85.3 Å². The maximum absolute atomic E-state index is 13.2. The summed E-state index contributed by atoms with van der Waals surface area (Å²) in [6.45, 7) is 46.7. The number of halogens is 3. The predicted octanol–water partition coefficient (Wildman–Crippen LogP) is 12.2. The van der Waals surface area contributed by atoms with Gasteiger partial charge in [0.05, 0.1) is 34.3 Å². The number of ether oxygens (including phenoxy) is 4. The molecule has 8 rings (SSSR count). The third-order valence-corrected chi connectivity index (χ3v) is 15.8. The molecule has 4 aromatic rings. The summed E-state index contributed by atoms with van der Waals surface area (Å²) in [5.74, 6) is 1.59. The Morgan fingerprint density at radius 2 is 0.976 bits per heavy atom. The first-order valence-electron chi connectivity index (χ1n) is 27.0. The van der Waals surface area contributed by atoms with Gasteiger partial charge in [0.2, 0.25) is 11.4 Å². The minimum atomic E-state index is -0.992. The number of amides is 3. The zero-order chi connectivity index (χ0) is 60.2. The molecule has 2 aromatic carbocycles. The van der Waals surface area contributed by atoms with Crippen molar-refractivity contribution in [2.75, 3.05) is 62.2 Å². The first-order chi connectivity index (χ1) is 37.6. The van der Waals surface area contributed by atoms with Crippen molar-refractivity contribution in [3.05, 3.63) is 117 Å². The lowest BCUT2D eigenvalue weighted by Crippen LogP contribution is -2.74. The van der Waals surface area contributed by atoms with Crippen LogP contribution in [0.4, 0.5) is 32.6 Å². The van der Waals surface area contributed by atoms with Crippen LogP contribution in [-0.4, -0.2) is 137 Å². The van der Waals surface area contributed by atoms with E-state index >= 15 is 0 Å². The molecule has 2 aromatic heterocycles. The van der Waals surface area contributed by atoms with Gasteiger partial charge in [0.15, 0.2) is 0 Å². The summed E-state index contributed by atoms with van der Waals surface area (Å²) < 4.78 is 23.2. The molecule has 2 saturated carbocycles. The highest BCUT2D eigenvalue weighted by Gasteiger charge is 2.64. The van der Waals surface area contributed by atoms with Gasteiger partial charge in [-0.05, 0) is 90.1 Å². The summed E-state index contributed by atoms with van der Waals surface area (Å²) in [5, 5.41) is 12.8. The number of pyridine rings is 2. The maximum Gasteiger partial charge on any atom is 0.410 e. The number of carboxylic acids is 1. The van der Waals surface area contributed by atoms with E-state index < -0.39 is 17.2 Å². The van der Waals surface area contributed by atoms with Crippen LogP contribution in [0.15, 0.2) is 73.1 Å². The van der Waals surface area contributed by atoms with Crippen molar-refractivity contribution in [1.82, 2.24) is 25.1 Å². The summed E-state index contributed by atoms with van der Waals surface area (Å²) in [7, 11) is 0. The normalized spacial score (nSPS) is 21.0. The molecular weight excluding hydrogens is 1110 g/mol. The zero-order valence-electron chi connectivity index (χ0n) is 49.4. The smallest absolute Gasteiger partial charge is 0.410 e. The number of piperazine rings is 2. The van der Waals surface area contributed by atoms with Gasteiger partial charge in [0, 0.05) is 98.5 Å². The molecule has 0 unspecified atom stereocenters. The average molecular weight is 1190 g/mol. The van der Waals surface area contributed by atoms with Crippen LogP contribution < -0.4 is 30.3 Å². The lowest BCUT2D eigenvalue weighted by Gasteiger charge is -2.63. The van der Waals surface area contributed by atoms with E-state index in [4.69, 9.17) is 66.1 Å². The second-order valence-corrected chi connectivity index (χ2v) is 26.0. The Balaban J connectivity index is 0.000000247. The van der Waals surface area contributed by atoms with Crippen LogP contribution in [-0.2, 0) is 9.47 Å². The van der Waals surface area contributed by atoms with Crippen LogP contribution in [0.1, 0.15) is 118 Å². The lowest BCUT2D eigenvalue weighted by molar-refractivity contribution is -0.164. The Morgan fingerprint density at radius 3 is 1.29 bits per heavy atom. The van der Waals surface area contributed by atoms with E-state index in [0.29, 0.717) is 96.7 Å². The molecular formula is C60H79Cl3N10O9. The minimum Gasteiger partial charge on any atom is -0.489 e. The Labute approximate surface area is 499 Å².